The Morgan fingerprint density at radius 3 is 2.61 bits per heavy atom. The van der Waals surface area contributed by atoms with Crippen LogP contribution in [0, 0.1) is 0 Å². The van der Waals surface area contributed by atoms with Gasteiger partial charge in [-0.1, -0.05) is 36.4 Å². The van der Waals surface area contributed by atoms with Crippen molar-refractivity contribution in [2.75, 3.05) is 6.61 Å². The molecule has 0 unspecified atom stereocenters. The number of aromatic amines is 2. The summed E-state index contributed by atoms with van der Waals surface area (Å²) in [5.41, 5.74) is 3.19. The molecule has 0 aliphatic rings. The number of hydrogen-bond donors (Lipinski definition) is 2. The van der Waals surface area contributed by atoms with E-state index in [-0.39, 0.29) is 17.9 Å². The maximum atomic E-state index is 12.4. The summed E-state index contributed by atoms with van der Waals surface area (Å²) in [7, 11) is 0. The van der Waals surface area contributed by atoms with Gasteiger partial charge in [0.05, 0.1) is 12.0 Å². The van der Waals surface area contributed by atoms with E-state index in [4.69, 9.17) is 9.47 Å². The first-order chi connectivity index (χ1) is 13.7. The molecule has 0 saturated heterocycles. The fraction of sp³-hybridized carbons (Fsp3) is 0.182. The van der Waals surface area contributed by atoms with Gasteiger partial charge in [-0.15, -0.1) is 0 Å². The van der Waals surface area contributed by atoms with E-state index in [1.54, 1.807) is 6.92 Å². The maximum Gasteiger partial charge on any atom is 0.513 e. The smallest absolute Gasteiger partial charge is 0.434 e. The molecule has 0 saturated carbocycles. The van der Waals surface area contributed by atoms with Crippen LogP contribution in [0.2, 0.25) is 0 Å². The number of nitrogens with one attached hydrogen (secondary N) is 2. The van der Waals surface area contributed by atoms with Gasteiger partial charge in [-0.05, 0) is 43.0 Å². The highest BCUT2D eigenvalue weighted by Crippen LogP contribution is 2.31. The zero-order valence-electron chi connectivity index (χ0n) is 15.5. The van der Waals surface area contributed by atoms with E-state index in [9.17, 15) is 9.59 Å². The summed E-state index contributed by atoms with van der Waals surface area (Å²) in [6, 6.07) is 16.2. The molecule has 0 atom stereocenters. The number of carbonyl (C=O) groups excluding carboxylic acids is 1. The standard InChI is InChI=1S/C22H20N2O4/c1-2-27-22(26)28-18-13-23-20-19(18)16-12-15(10-11-17(16)24-21(20)25)9-8-14-6-4-3-5-7-14/h3-7,10-13,23H,2,8-9H2,1H3,(H,24,25). The molecule has 6 nitrogen and oxygen atoms in total. The fourth-order valence-electron chi connectivity index (χ4n) is 3.35. The van der Waals surface area contributed by atoms with Crippen LogP contribution in [0.25, 0.3) is 21.8 Å². The van der Waals surface area contributed by atoms with Crippen LogP contribution in [0.4, 0.5) is 4.79 Å². The van der Waals surface area contributed by atoms with Crippen molar-refractivity contribution in [2.45, 2.75) is 19.8 Å². The number of hydrogen-bond acceptors (Lipinski definition) is 4. The van der Waals surface area contributed by atoms with Crippen molar-refractivity contribution in [1.82, 2.24) is 9.97 Å². The Morgan fingerprint density at radius 2 is 1.82 bits per heavy atom. The predicted molar refractivity (Wildman–Crippen MR) is 108 cm³/mol. The van der Waals surface area contributed by atoms with Crippen molar-refractivity contribution < 1.29 is 14.3 Å². The number of H-pyrrole nitrogens is 2. The molecule has 2 aromatic heterocycles. The number of pyridine rings is 1. The van der Waals surface area contributed by atoms with Crippen molar-refractivity contribution in [3.8, 4) is 5.75 Å². The summed E-state index contributed by atoms with van der Waals surface area (Å²) in [5, 5.41) is 1.40. The van der Waals surface area contributed by atoms with Crippen LogP contribution in [0.15, 0.2) is 59.5 Å². The molecule has 4 rings (SSSR count). The van der Waals surface area contributed by atoms with Crippen LogP contribution >= 0.6 is 0 Å². The average molecular weight is 376 g/mol. The van der Waals surface area contributed by atoms with Gasteiger partial charge in [0.2, 0.25) is 0 Å². The molecule has 6 heteroatoms. The molecule has 0 bridgehead atoms. The molecular weight excluding hydrogens is 356 g/mol. The summed E-state index contributed by atoms with van der Waals surface area (Å²) in [4.78, 5) is 29.9. The molecule has 28 heavy (non-hydrogen) atoms. The van der Waals surface area contributed by atoms with Crippen LogP contribution < -0.4 is 10.3 Å². The van der Waals surface area contributed by atoms with E-state index in [1.165, 1.54) is 11.8 Å². The second kappa shape index (κ2) is 7.60. The Labute approximate surface area is 161 Å². The lowest BCUT2D eigenvalue weighted by molar-refractivity contribution is 0.105. The number of ether oxygens (including phenoxy) is 2. The minimum atomic E-state index is -0.794. The summed E-state index contributed by atoms with van der Waals surface area (Å²) in [6.45, 7) is 1.92. The minimum absolute atomic E-state index is 0.214. The molecule has 2 N–H and O–H groups in total. The first kappa shape index (κ1) is 17.9. The summed E-state index contributed by atoms with van der Waals surface area (Å²) >= 11 is 0. The van der Waals surface area contributed by atoms with Gasteiger partial charge < -0.3 is 19.4 Å². The molecule has 0 aliphatic heterocycles. The quantitative estimate of drug-likeness (QED) is 0.508. The summed E-state index contributed by atoms with van der Waals surface area (Å²) in [6.07, 6.45) is 2.49. The van der Waals surface area contributed by atoms with E-state index in [0.717, 1.165) is 23.8 Å². The van der Waals surface area contributed by atoms with Crippen molar-refractivity contribution in [2.24, 2.45) is 0 Å². The van der Waals surface area contributed by atoms with Gasteiger partial charge in [0, 0.05) is 17.1 Å². The van der Waals surface area contributed by atoms with Gasteiger partial charge in [-0.3, -0.25) is 4.79 Å². The molecule has 0 fully saturated rings. The molecule has 2 aromatic carbocycles. The number of benzene rings is 2. The Bertz CT molecular complexity index is 1190. The Kier molecular flexibility index (Phi) is 4.85. The number of aromatic nitrogens is 2. The lowest BCUT2D eigenvalue weighted by atomic mass is 10.0. The highest BCUT2D eigenvalue weighted by molar-refractivity contribution is 6.08. The van der Waals surface area contributed by atoms with Crippen molar-refractivity contribution in [1.29, 1.82) is 0 Å². The molecule has 0 aliphatic carbocycles. The number of rotatable bonds is 5. The van der Waals surface area contributed by atoms with Gasteiger partial charge in [0.15, 0.2) is 5.75 Å². The zero-order chi connectivity index (χ0) is 19.5. The highest BCUT2D eigenvalue weighted by atomic mass is 16.7. The monoisotopic (exact) mass is 376 g/mol. The van der Waals surface area contributed by atoms with Crippen molar-refractivity contribution in [3.63, 3.8) is 0 Å². The van der Waals surface area contributed by atoms with Gasteiger partial charge in [-0.25, -0.2) is 4.79 Å². The van der Waals surface area contributed by atoms with E-state index in [0.29, 0.717) is 16.4 Å². The first-order valence-electron chi connectivity index (χ1n) is 9.20. The van der Waals surface area contributed by atoms with Crippen LogP contribution in [-0.2, 0) is 17.6 Å². The van der Waals surface area contributed by atoms with Crippen molar-refractivity contribution in [3.05, 3.63) is 76.2 Å². The van der Waals surface area contributed by atoms with E-state index < -0.39 is 6.16 Å². The predicted octanol–water partition coefficient (Wildman–Crippen LogP) is 4.33. The SMILES string of the molecule is CCOC(=O)Oc1c[nH]c2c(=O)[nH]c3ccc(CCc4ccccc4)cc3c12. The van der Waals surface area contributed by atoms with Crippen LogP contribution in [0.5, 0.6) is 5.75 Å². The average Bonchev–Trinajstić information content (AvgIpc) is 3.12. The fourth-order valence-corrected chi connectivity index (χ4v) is 3.35. The normalized spacial score (nSPS) is 11.0. The largest absolute Gasteiger partial charge is 0.513 e. The second-order valence-electron chi connectivity index (χ2n) is 6.51. The zero-order valence-corrected chi connectivity index (χ0v) is 15.5. The van der Waals surface area contributed by atoms with Gasteiger partial charge in [0.25, 0.3) is 5.56 Å². The molecule has 0 amide bonds. The van der Waals surface area contributed by atoms with Crippen LogP contribution in [0.1, 0.15) is 18.1 Å². The summed E-state index contributed by atoms with van der Waals surface area (Å²) < 4.78 is 10.2. The molecular formula is C22H20N2O4. The maximum absolute atomic E-state index is 12.4. The third kappa shape index (κ3) is 3.49. The number of fused-ring (bicyclic) bond motifs is 3. The van der Waals surface area contributed by atoms with Gasteiger partial charge in [-0.2, -0.15) is 0 Å². The van der Waals surface area contributed by atoms with E-state index >= 15 is 0 Å². The minimum Gasteiger partial charge on any atom is -0.434 e. The number of carbonyl (C=O) groups is 1. The summed E-state index contributed by atoms with van der Waals surface area (Å²) in [5.74, 6) is 0.282. The van der Waals surface area contributed by atoms with Crippen LogP contribution in [0.3, 0.4) is 0 Å². The third-order valence-electron chi connectivity index (χ3n) is 4.67. The number of aryl methyl sites for hydroxylation is 2. The van der Waals surface area contributed by atoms with E-state index in [1.807, 2.05) is 36.4 Å². The Balaban J connectivity index is 1.74. The second-order valence-corrected chi connectivity index (χ2v) is 6.51. The highest BCUT2D eigenvalue weighted by Gasteiger charge is 2.16. The lowest BCUT2D eigenvalue weighted by Gasteiger charge is -2.07. The first-order valence-corrected chi connectivity index (χ1v) is 9.20. The molecule has 4 aromatic rings. The van der Waals surface area contributed by atoms with E-state index in [2.05, 4.69) is 22.1 Å². The van der Waals surface area contributed by atoms with Crippen molar-refractivity contribution >= 4 is 28.0 Å². The van der Waals surface area contributed by atoms with Crippen LogP contribution in [-0.4, -0.2) is 22.7 Å². The topological polar surface area (TPSA) is 84.2 Å². The third-order valence-corrected chi connectivity index (χ3v) is 4.67. The molecule has 0 spiro atoms. The van der Waals surface area contributed by atoms with Gasteiger partial charge in [0.1, 0.15) is 5.52 Å². The lowest BCUT2D eigenvalue weighted by Crippen LogP contribution is -2.10. The molecule has 2 heterocycles. The Morgan fingerprint density at radius 1 is 1.04 bits per heavy atom. The molecule has 142 valence electrons. The Hall–Kier alpha value is -3.54. The molecule has 0 radical (unpaired) electrons. The van der Waals surface area contributed by atoms with Gasteiger partial charge >= 0.3 is 6.16 Å².